The summed E-state index contributed by atoms with van der Waals surface area (Å²) in [7, 11) is 3.02. The van der Waals surface area contributed by atoms with Crippen LogP contribution in [0.15, 0.2) is 0 Å². The molecule has 0 spiro atoms. The van der Waals surface area contributed by atoms with Crippen LogP contribution in [0, 0.1) is 0 Å². The molecule has 4 heteroatoms. The zero-order chi connectivity index (χ0) is 7.72. The van der Waals surface area contributed by atoms with E-state index in [9.17, 15) is 4.79 Å². The number of carbonyl (C=O) groups is 1. The summed E-state index contributed by atoms with van der Waals surface area (Å²) in [5.41, 5.74) is 0. The number of ether oxygens (including phenoxy) is 1. The quantitative estimate of drug-likeness (QED) is 0.399. The summed E-state index contributed by atoms with van der Waals surface area (Å²) < 4.78 is 4.93. The third-order valence-corrected chi connectivity index (χ3v) is 1.54. The maximum atomic E-state index is 11.0. The first-order valence-electron chi connectivity index (χ1n) is 3.14. The Bertz CT molecular complexity index is 142. The first-order chi connectivity index (χ1) is 4.66. The Kier molecular flexibility index (Phi) is 1.92. The number of nitrogens with zero attached hydrogens (tertiary/aromatic N) is 1. The number of hydrogen-bond donors (Lipinski definition) is 0. The van der Waals surface area contributed by atoms with Gasteiger partial charge in [-0.25, -0.2) is 5.06 Å². The molecule has 0 aliphatic carbocycles. The number of likely N-dealkylation sites (N-methyl/N-ethyl adjacent to an activating group) is 1. The number of amides is 1. The van der Waals surface area contributed by atoms with Crippen LogP contribution in [0.25, 0.3) is 0 Å². The van der Waals surface area contributed by atoms with Crippen LogP contribution in [-0.2, 0) is 14.4 Å². The highest BCUT2D eigenvalue weighted by Gasteiger charge is 2.42. The predicted octanol–water partition coefficient (Wildman–Crippen LogP) is -0.207. The second-order valence-corrected chi connectivity index (χ2v) is 2.28. The lowest BCUT2D eigenvalue weighted by molar-refractivity contribution is -0.169. The summed E-state index contributed by atoms with van der Waals surface area (Å²) >= 11 is 0. The van der Waals surface area contributed by atoms with Crippen molar-refractivity contribution in [2.75, 3.05) is 14.2 Å². The average molecular weight is 145 g/mol. The second-order valence-electron chi connectivity index (χ2n) is 2.28. The van der Waals surface area contributed by atoms with E-state index >= 15 is 0 Å². The molecule has 1 saturated heterocycles. The van der Waals surface area contributed by atoms with E-state index in [1.165, 1.54) is 12.2 Å². The average Bonchev–Trinajstić information content (AvgIpc) is 2.63. The van der Waals surface area contributed by atoms with Crippen molar-refractivity contribution in [1.82, 2.24) is 5.06 Å². The molecule has 0 unspecified atom stereocenters. The van der Waals surface area contributed by atoms with Gasteiger partial charge in [-0.05, 0) is 6.92 Å². The highest BCUT2D eigenvalue weighted by atomic mass is 16.7. The van der Waals surface area contributed by atoms with Crippen molar-refractivity contribution in [2.24, 2.45) is 0 Å². The van der Waals surface area contributed by atoms with E-state index in [1.54, 1.807) is 7.05 Å². The number of epoxide rings is 1. The monoisotopic (exact) mass is 145 g/mol. The number of hydroxylamine groups is 2. The Hall–Kier alpha value is -0.610. The van der Waals surface area contributed by atoms with Gasteiger partial charge in [-0.15, -0.1) is 0 Å². The normalized spacial score (nSPS) is 29.9. The molecule has 4 nitrogen and oxygen atoms in total. The largest absolute Gasteiger partial charge is 0.359 e. The fourth-order valence-electron chi connectivity index (χ4n) is 0.714. The fourth-order valence-corrected chi connectivity index (χ4v) is 0.714. The molecule has 1 aliphatic heterocycles. The highest BCUT2D eigenvalue weighted by Crippen LogP contribution is 2.22. The fraction of sp³-hybridized carbons (Fsp3) is 0.833. The summed E-state index contributed by atoms with van der Waals surface area (Å²) in [6.07, 6.45) is -0.213. The number of rotatable bonds is 2. The summed E-state index contributed by atoms with van der Waals surface area (Å²) in [5.74, 6) is -0.116. The van der Waals surface area contributed by atoms with Gasteiger partial charge in [-0.3, -0.25) is 9.63 Å². The van der Waals surface area contributed by atoms with E-state index in [0.29, 0.717) is 0 Å². The Labute approximate surface area is 59.7 Å². The van der Waals surface area contributed by atoms with Crippen molar-refractivity contribution in [2.45, 2.75) is 19.1 Å². The minimum Gasteiger partial charge on any atom is -0.359 e. The second kappa shape index (κ2) is 2.56. The molecule has 0 radical (unpaired) electrons. The van der Waals surface area contributed by atoms with Gasteiger partial charge in [0.1, 0.15) is 0 Å². The zero-order valence-corrected chi connectivity index (χ0v) is 6.33. The molecule has 1 fully saturated rings. The Morgan fingerprint density at radius 1 is 1.70 bits per heavy atom. The molecule has 1 rings (SSSR count). The van der Waals surface area contributed by atoms with Crippen LogP contribution in [0.4, 0.5) is 0 Å². The van der Waals surface area contributed by atoms with Gasteiger partial charge in [0.25, 0.3) is 5.91 Å². The molecule has 2 atom stereocenters. The summed E-state index contributed by atoms with van der Waals surface area (Å²) in [6, 6.07) is 0. The maximum Gasteiger partial charge on any atom is 0.277 e. The lowest BCUT2D eigenvalue weighted by atomic mass is 10.3. The van der Waals surface area contributed by atoms with Crippen LogP contribution in [0.1, 0.15) is 6.92 Å². The third kappa shape index (κ3) is 1.27. The van der Waals surface area contributed by atoms with Crippen molar-refractivity contribution in [1.29, 1.82) is 0 Å². The number of hydrogen-bond acceptors (Lipinski definition) is 3. The van der Waals surface area contributed by atoms with E-state index in [2.05, 4.69) is 4.84 Å². The molecule has 0 aromatic heterocycles. The van der Waals surface area contributed by atoms with Crippen LogP contribution < -0.4 is 0 Å². The molecule has 1 amide bonds. The SMILES string of the molecule is CON(C)C(=O)[C@H]1O[C@@H]1C. The highest BCUT2D eigenvalue weighted by molar-refractivity contribution is 5.82. The molecule has 0 N–H and O–H groups in total. The minimum atomic E-state index is -0.273. The molecule has 0 aromatic carbocycles. The summed E-state index contributed by atoms with van der Waals surface area (Å²) in [4.78, 5) is 15.7. The Balaban J connectivity index is 2.35. The molecule has 0 aromatic rings. The molecule has 0 bridgehead atoms. The topological polar surface area (TPSA) is 42.1 Å². The minimum absolute atomic E-state index is 0.0603. The predicted molar refractivity (Wildman–Crippen MR) is 34.1 cm³/mol. The van der Waals surface area contributed by atoms with Gasteiger partial charge in [0.05, 0.1) is 13.2 Å². The van der Waals surface area contributed by atoms with E-state index < -0.39 is 0 Å². The molecular weight excluding hydrogens is 134 g/mol. The molecule has 1 heterocycles. The van der Waals surface area contributed by atoms with Gasteiger partial charge in [-0.1, -0.05) is 0 Å². The first kappa shape index (κ1) is 7.50. The van der Waals surface area contributed by atoms with Crippen molar-refractivity contribution in [3.63, 3.8) is 0 Å². The van der Waals surface area contributed by atoms with E-state index in [0.717, 1.165) is 0 Å². The van der Waals surface area contributed by atoms with Gasteiger partial charge in [0.15, 0.2) is 6.10 Å². The van der Waals surface area contributed by atoms with Crippen LogP contribution in [-0.4, -0.2) is 37.3 Å². The molecule has 10 heavy (non-hydrogen) atoms. The lowest BCUT2D eigenvalue weighted by Crippen LogP contribution is -2.30. The van der Waals surface area contributed by atoms with E-state index in [1.807, 2.05) is 6.92 Å². The summed E-state index contributed by atoms with van der Waals surface area (Å²) in [6.45, 7) is 1.85. The van der Waals surface area contributed by atoms with Crippen molar-refractivity contribution in [3.05, 3.63) is 0 Å². The van der Waals surface area contributed by atoms with Crippen LogP contribution in [0.2, 0.25) is 0 Å². The van der Waals surface area contributed by atoms with Crippen molar-refractivity contribution < 1.29 is 14.4 Å². The van der Waals surface area contributed by atoms with E-state index in [4.69, 9.17) is 4.74 Å². The Morgan fingerprint density at radius 3 is 2.50 bits per heavy atom. The standard InChI is InChI=1S/C6H11NO3/c1-4-5(10-4)6(8)7(2)9-3/h4-5H,1-3H3/t4-,5+/m1/s1. The number of carbonyl (C=O) groups excluding carboxylic acids is 1. The molecule has 58 valence electrons. The first-order valence-corrected chi connectivity index (χ1v) is 3.14. The summed E-state index contributed by atoms with van der Waals surface area (Å²) in [5, 5.41) is 1.17. The van der Waals surface area contributed by atoms with Gasteiger partial charge < -0.3 is 4.74 Å². The molecular formula is C6H11NO3. The molecule has 1 aliphatic rings. The van der Waals surface area contributed by atoms with Gasteiger partial charge >= 0.3 is 0 Å². The van der Waals surface area contributed by atoms with Crippen LogP contribution in [0.3, 0.4) is 0 Å². The third-order valence-electron chi connectivity index (χ3n) is 1.54. The van der Waals surface area contributed by atoms with Crippen LogP contribution in [0.5, 0.6) is 0 Å². The molecule has 0 saturated carbocycles. The Morgan fingerprint density at radius 2 is 2.20 bits per heavy atom. The van der Waals surface area contributed by atoms with Gasteiger partial charge in [0, 0.05) is 7.05 Å². The smallest absolute Gasteiger partial charge is 0.277 e. The van der Waals surface area contributed by atoms with Crippen molar-refractivity contribution >= 4 is 5.91 Å². The van der Waals surface area contributed by atoms with Gasteiger partial charge in [-0.2, -0.15) is 0 Å². The zero-order valence-electron chi connectivity index (χ0n) is 6.33. The maximum absolute atomic E-state index is 11.0. The van der Waals surface area contributed by atoms with Crippen molar-refractivity contribution in [3.8, 4) is 0 Å². The van der Waals surface area contributed by atoms with Crippen LogP contribution >= 0.6 is 0 Å². The van der Waals surface area contributed by atoms with E-state index in [-0.39, 0.29) is 18.1 Å². The van der Waals surface area contributed by atoms with Gasteiger partial charge in [0.2, 0.25) is 0 Å². The lowest BCUT2D eigenvalue weighted by Gasteiger charge is -2.10.